The molecular weight excluding hydrogens is 436 g/mol. The third-order valence-corrected chi connectivity index (χ3v) is 5.77. The lowest BCUT2D eigenvalue weighted by Gasteiger charge is -2.24. The minimum Gasteiger partial charge on any atom is -0.345 e. The van der Waals surface area contributed by atoms with E-state index in [-0.39, 0.29) is 5.91 Å². The zero-order chi connectivity index (χ0) is 20.8. The fraction of sp³-hybridized carbons (Fsp3) is 0.115. The van der Waals surface area contributed by atoms with Crippen LogP contribution in [0.1, 0.15) is 27.2 Å². The van der Waals surface area contributed by atoms with Gasteiger partial charge in [-0.3, -0.25) is 4.79 Å². The highest BCUT2D eigenvalue weighted by atomic mass is 79.9. The first kappa shape index (κ1) is 20.2. The minimum absolute atomic E-state index is 0.0128. The van der Waals surface area contributed by atoms with E-state index in [9.17, 15) is 4.79 Å². The quantitative estimate of drug-likeness (QED) is 0.326. The summed E-state index contributed by atoms with van der Waals surface area (Å²) in [6.45, 7) is 1.87. The van der Waals surface area contributed by atoms with Crippen LogP contribution in [0.5, 0.6) is 0 Å². The molecule has 0 fully saturated rings. The average molecular weight is 459 g/mol. The molecule has 0 aliphatic rings. The second kappa shape index (κ2) is 9.59. The van der Waals surface area contributed by atoms with Gasteiger partial charge in [-0.15, -0.1) is 0 Å². The fourth-order valence-electron chi connectivity index (χ4n) is 3.53. The number of halogens is 1. The van der Waals surface area contributed by atoms with Crippen molar-refractivity contribution in [2.45, 2.75) is 19.6 Å². The molecular formula is C26H23BrN2O. The van der Waals surface area contributed by atoms with Gasteiger partial charge in [-0.2, -0.15) is 0 Å². The Morgan fingerprint density at radius 2 is 1.37 bits per heavy atom. The molecule has 4 rings (SSSR count). The Bertz CT molecular complexity index is 1110. The second-order valence-electron chi connectivity index (χ2n) is 7.24. The zero-order valence-corrected chi connectivity index (χ0v) is 18.2. The van der Waals surface area contributed by atoms with Crippen LogP contribution in [0, 0.1) is 0 Å². The highest BCUT2D eigenvalue weighted by Crippen LogP contribution is 2.21. The molecule has 30 heavy (non-hydrogen) atoms. The Kier molecular flexibility index (Phi) is 6.45. The second-order valence-corrected chi connectivity index (χ2v) is 8.09. The number of rotatable bonds is 7. The van der Waals surface area contributed by atoms with Gasteiger partial charge >= 0.3 is 0 Å². The first-order chi connectivity index (χ1) is 14.7. The van der Waals surface area contributed by atoms with Crippen LogP contribution >= 0.6 is 15.9 Å². The summed E-state index contributed by atoms with van der Waals surface area (Å²) in [6.07, 6.45) is 2.08. The molecule has 0 saturated carbocycles. The predicted molar refractivity (Wildman–Crippen MR) is 124 cm³/mol. The first-order valence-electron chi connectivity index (χ1n) is 9.96. The summed E-state index contributed by atoms with van der Waals surface area (Å²) >= 11 is 3.53. The minimum atomic E-state index is 0.0128. The Labute approximate surface area is 185 Å². The van der Waals surface area contributed by atoms with Crippen LogP contribution in [0.25, 0.3) is 0 Å². The molecule has 0 spiro atoms. The maximum atomic E-state index is 13.5. The van der Waals surface area contributed by atoms with Gasteiger partial charge in [0, 0.05) is 29.5 Å². The van der Waals surface area contributed by atoms with Crippen LogP contribution in [0.15, 0.2) is 108 Å². The summed E-state index contributed by atoms with van der Waals surface area (Å²) in [7, 11) is 0. The van der Waals surface area contributed by atoms with E-state index in [1.807, 2.05) is 59.5 Å². The molecule has 4 aromatic rings. The number of amides is 1. The molecule has 0 bridgehead atoms. The van der Waals surface area contributed by atoms with Crippen molar-refractivity contribution in [3.05, 3.63) is 130 Å². The van der Waals surface area contributed by atoms with E-state index in [4.69, 9.17) is 0 Å². The van der Waals surface area contributed by atoms with Crippen molar-refractivity contribution in [1.29, 1.82) is 0 Å². The van der Waals surface area contributed by atoms with E-state index in [0.717, 1.165) is 22.3 Å². The molecule has 0 unspecified atom stereocenters. The van der Waals surface area contributed by atoms with Gasteiger partial charge in [-0.25, -0.2) is 0 Å². The third-order valence-electron chi connectivity index (χ3n) is 5.08. The van der Waals surface area contributed by atoms with E-state index >= 15 is 0 Å². The molecule has 3 nitrogen and oxygen atoms in total. The highest BCUT2D eigenvalue weighted by Gasteiger charge is 2.20. The van der Waals surface area contributed by atoms with Gasteiger partial charge in [-0.1, -0.05) is 72.8 Å². The summed E-state index contributed by atoms with van der Waals surface area (Å²) < 4.78 is 3.02. The number of carbonyl (C=O) groups is 1. The van der Waals surface area contributed by atoms with E-state index < -0.39 is 0 Å². The lowest BCUT2D eigenvalue weighted by Crippen LogP contribution is -2.31. The Hall–Kier alpha value is -3.11. The van der Waals surface area contributed by atoms with Crippen molar-refractivity contribution in [1.82, 2.24) is 9.47 Å². The van der Waals surface area contributed by atoms with Gasteiger partial charge in [-0.05, 0) is 51.3 Å². The molecule has 1 heterocycles. The summed E-state index contributed by atoms with van der Waals surface area (Å²) in [5.74, 6) is 0.0128. The van der Waals surface area contributed by atoms with Crippen LogP contribution in [-0.2, 0) is 19.6 Å². The van der Waals surface area contributed by atoms with Gasteiger partial charge in [0.25, 0.3) is 5.91 Å². The number of carbonyl (C=O) groups excluding carboxylic acids is 1. The molecule has 0 radical (unpaired) electrons. The van der Waals surface area contributed by atoms with Gasteiger partial charge in [0.1, 0.15) is 0 Å². The maximum Gasteiger partial charge on any atom is 0.255 e. The van der Waals surface area contributed by atoms with E-state index in [2.05, 4.69) is 69.2 Å². The standard InChI is InChI=1S/C26H23BrN2O/c27-25-16-8-7-15-24(25)26(30)29(19-22-12-5-2-6-13-22)20-23-14-9-17-28(23)18-21-10-3-1-4-11-21/h1-17H,18-20H2. The normalized spacial score (nSPS) is 10.7. The van der Waals surface area contributed by atoms with Gasteiger partial charge in [0.2, 0.25) is 0 Å². The van der Waals surface area contributed by atoms with Crippen molar-refractivity contribution in [3.8, 4) is 0 Å². The average Bonchev–Trinajstić information content (AvgIpc) is 3.21. The third kappa shape index (κ3) is 4.89. The number of nitrogens with zero attached hydrogens (tertiary/aromatic N) is 2. The molecule has 0 atom stereocenters. The topological polar surface area (TPSA) is 25.2 Å². The molecule has 1 amide bonds. The predicted octanol–water partition coefficient (Wildman–Crippen LogP) is 6.14. The molecule has 0 N–H and O–H groups in total. The zero-order valence-electron chi connectivity index (χ0n) is 16.6. The molecule has 3 aromatic carbocycles. The van der Waals surface area contributed by atoms with Crippen LogP contribution in [0.4, 0.5) is 0 Å². The molecule has 0 saturated heterocycles. The lowest BCUT2D eigenvalue weighted by atomic mass is 10.1. The monoisotopic (exact) mass is 458 g/mol. The summed E-state index contributed by atoms with van der Waals surface area (Å²) in [6, 6.07) is 32.2. The Morgan fingerprint density at radius 1 is 0.733 bits per heavy atom. The molecule has 0 aliphatic carbocycles. The number of hydrogen-bond donors (Lipinski definition) is 0. The molecule has 4 heteroatoms. The fourth-order valence-corrected chi connectivity index (χ4v) is 3.99. The van der Waals surface area contributed by atoms with Gasteiger partial charge in [0.15, 0.2) is 0 Å². The van der Waals surface area contributed by atoms with E-state index in [1.54, 1.807) is 0 Å². The van der Waals surface area contributed by atoms with Crippen molar-refractivity contribution >= 4 is 21.8 Å². The summed E-state index contributed by atoms with van der Waals surface area (Å²) in [4.78, 5) is 15.4. The number of hydrogen-bond acceptors (Lipinski definition) is 1. The SMILES string of the molecule is O=C(c1ccccc1Br)N(Cc1ccccc1)Cc1cccn1Cc1ccccc1. The van der Waals surface area contributed by atoms with Crippen molar-refractivity contribution in [2.24, 2.45) is 0 Å². The van der Waals surface area contributed by atoms with Crippen LogP contribution in [0.2, 0.25) is 0 Å². The maximum absolute atomic E-state index is 13.5. The van der Waals surface area contributed by atoms with Crippen molar-refractivity contribution < 1.29 is 4.79 Å². The smallest absolute Gasteiger partial charge is 0.255 e. The van der Waals surface area contributed by atoms with Crippen LogP contribution < -0.4 is 0 Å². The molecule has 0 aliphatic heterocycles. The largest absolute Gasteiger partial charge is 0.345 e. The summed E-state index contributed by atoms with van der Waals surface area (Å²) in [5.41, 5.74) is 4.13. The van der Waals surface area contributed by atoms with Crippen molar-refractivity contribution in [2.75, 3.05) is 0 Å². The number of benzene rings is 3. The van der Waals surface area contributed by atoms with E-state index in [0.29, 0.717) is 18.7 Å². The first-order valence-corrected chi connectivity index (χ1v) is 10.8. The lowest BCUT2D eigenvalue weighted by molar-refractivity contribution is 0.0725. The highest BCUT2D eigenvalue weighted by molar-refractivity contribution is 9.10. The van der Waals surface area contributed by atoms with Crippen LogP contribution in [0.3, 0.4) is 0 Å². The van der Waals surface area contributed by atoms with Crippen molar-refractivity contribution in [3.63, 3.8) is 0 Å². The Balaban J connectivity index is 1.61. The molecule has 1 aromatic heterocycles. The summed E-state index contributed by atoms with van der Waals surface area (Å²) in [5, 5.41) is 0. The number of aromatic nitrogens is 1. The van der Waals surface area contributed by atoms with E-state index in [1.165, 1.54) is 5.56 Å². The Morgan fingerprint density at radius 3 is 2.07 bits per heavy atom. The molecule has 150 valence electrons. The van der Waals surface area contributed by atoms with Crippen LogP contribution in [-0.4, -0.2) is 15.4 Å². The van der Waals surface area contributed by atoms with Gasteiger partial charge < -0.3 is 9.47 Å². The van der Waals surface area contributed by atoms with Gasteiger partial charge in [0.05, 0.1) is 12.1 Å².